The van der Waals surface area contributed by atoms with Gasteiger partial charge in [-0.15, -0.1) is 0 Å². The van der Waals surface area contributed by atoms with Gasteiger partial charge in [-0.25, -0.2) is 0 Å². The molecule has 1 amide bonds. The van der Waals surface area contributed by atoms with E-state index >= 15 is 0 Å². The molecule has 94 valence electrons. The van der Waals surface area contributed by atoms with Crippen molar-refractivity contribution in [1.29, 1.82) is 0 Å². The van der Waals surface area contributed by atoms with E-state index in [4.69, 9.17) is 0 Å². The van der Waals surface area contributed by atoms with E-state index in [0.717, 1.165) is 51.5 Å². The second-order valence-electron chi connectivity index (χ2n) is 7.06. The zero-order valence-electron chi connectivity index (χ0n) is 10.3. The zero-order valence-corrected chi connectivity index (χ0v) is 10.3. The van der Waals surface area contributed by atoms with Crippen molar-refractivity contribution < 1.29 is 9.90 Å². The molecule has 1 saturated heterocycles. The Kier molecular flexibility index (Phi) is 1.86. The van der Waals surface area contributed by atoms with Gasteiger partial charge in [-0.1, -0.05) is 0 Å². The smallest absolute Gasteiger partial charge is 0.223 e. The Hall–Kier alpha value is -0.570. The molecular weight excluding hydrogens is 214 g/mol. The summed E-state index contributed by atoms with van der Waals surface area (Å²) in [6.07, 6.45) is 8.23. The van der Waals surface area contributed by atoms with Gasteiger partial charge in [0.05, 0.1) is 5.60 Å². The number of amides is 1. The van der Waals surface area contributed by atoms with Crippen molar-refractivity contribution in [2.24, 2.45) is 11.8 Å². The molecule has 3 nitrogen and oxygen atoms in total. The first-order valence-electron chi connectivity index (χ1n) is 7.12. The van der Waals surface area contributed by atoms with Gasteiger partial charge in [0, 0.05) is 18.5 Å². The third-order valence-corrected chi connectivity index (χ3v) is 5.65. The minimum Gasteiger partial charge on any atom is -0.390 e. The highest BCUT2D eigenvalue weighted by Gasteiger charge is 2.60. The molecule has 0 radical (unpaired) electrons. The lowest BCUT2D eigenvalue weighted by Crippen LogP contribution is -2.65. The molecule has 5 fully saturated rings. The maximum absolute atomic E-state index is 12.0. The highest BCUT2D eigenvalue weighted by molar-refractivity contribution is 5.79. The fourth-order valence-electron chi connectivity index (χ4n) is 5.63. The van der Waals surface area contributed by atoms with Gasteiger partial charge >= 0.3 is 0 Å². The molecule has 1 aliphatic heterocycles. The van der Waals surface area contributed by atoms with Crippen LogP contribution in [0.15, 0.2) is 0 Å². The topological polar surface area (TPSA) is 40.5 Å². The Balaban J connectivity index is 1.71. The number of carbonyl (C=O) groups is 1. The van der Waals surface area contributed by atoms with Crippen LogP contribution < -0.4 is 0 Å². The van der Waals surface area contributed by atoms with Gasteiger partial charge in [0.1, 0.15) is 0 Å². The molecule has 4 aliphatic carbocycles. The third-order valence-electron chi connectivity index (χ3n) is 5.65. The lowest BCUT2D eigenvalue weighted by Gasteiger charge is -2.62. The highest BCUT2D eigenvalue weighted by atomic mass is 16.3. The molecule has 2 atom stereocenters. The van der Waals surface area contributed by atoms with E-state index in [1.165, 1.54) is 6.42 Å². The average Bonchev–Trinajstić information content (AvgIpc) is 2.60. The largest absolute Gasteiger partial charge is 0.390 e. The van der Waals surface area contributed by atoms with Crippen LogP contribution in [0.1, 0.15) is 51.4 Å². The van der Waals surface area contributed by atoms with Crippen molar-refractivity contribution in [2.75, 3.05) is 6.54 Å². The van der Waals surface area contributed by atoms with E-state index < -0.39 is 5.60 Å². The standard InChI is InChI=1S/C14H21NO2/c16-12-2-1-3-15(12)13-5-10-4-11(6-13)8-14(17,7-10)9-13/h10-11,17H,1-9H2. The fourth-order valence-corrected chi connectivity index (χ4v) is 5.63. The normalized spacial score (nSPS) is 52.5. The molecular formula is C14H21NO2. The van der Waals surface area contributed by atoms with Gasteiger partial charge in [-0.2, -0.15) is 0 Å². The van der Waals surface area contributed by atoms with E-state index in [0.29, 0.717) is 17.7 Å². The van der Waals surface area contributed by atoms with Gasteiger partial charge < -0.3 is 10.0 Å². The van der Waals surface area contributed by atoms with Crippen LogP contribution in [0.2, 0.25) is 0 Å². The summed E-state index contributed by atoms with van der Waals surface area (Å²) in [6.45, 7) is 0.939. The molecule has 4 bridgehead atoms. The molecule has 1 N–H and O–H groups in total. The van der Waals surface area contributed by atoms with Crippen LogP contribution in [-0.2, 0) is 4.79 Å². The van der Waals surface area contributed by atoms with Gasteiger partial charge in [0.2, 0.25) is 5.91 Å². The Labute approximate surface area is 102 Å². The number of likely N-dealkylation sites (tertiary alicyclic amines) is 1. The molecule has 1 heterocycles. The molecule has 0 spiro atoms. The summed E-state index contributed by atoms with van der Waals surface area (Å²) < 4.78 is 0. The second-order valence-corrected chi connectivity index (χ2v) is 7.06. The monoisotopic (exact) mass is 235 g/mol. The van der Waals surface area contributed by atoms with Crippen LogP contribution in [0.3, 0.4) is 0 Å². The van der Waals surface area contributed by atoms with Crippen molar-refractivity contribution in [3.8, 4) is 0 Å². The summed E-state index contributed by atoms with van der Waals surface area (Å²) in [5.74, 6) is 1.69. The highest BCUT2D eigenvalue weighted by Crippen LogP contribution is 2.59. The zero-order chi connectivity index (χ0) is 11.7. The summed E-state index contributed by atoms with van der Waals surface area (Å²) in [5, 5.41) is 10.7. The summed E-state index contributed by atoms with van der Waals surface area (Å²) in [5.41, 5.74) is -0.390. The van der Waals surface area contributed by atoms with Crippen LogP contribution in [0.25, 0.3) is 0 Å². The quantitative estimate of drug-likeness (QED) is 0.751. The van der Waals surface area contributed by atoms with Crippen LogP contribution in [0.5, 0.6) is 0 Å². The summed E-state index contributed by atoms with van der Waals surface area (Å²) in [7, 11) is 0. The van der Waals surface area contributed by atoms with Gasteiger partial charge in [0.25, 0.3) is 0 Å². The summed E-state index contributed by atoms with van der Waals surface area (Å²) in [6, 6.07) is 0. The molecule has 2 unspecified atom stereocenters. The molecule has 0 aromatic carbocycles. The Morgan fingerprint density at radius 1 is 1.18 bits per heavy atom. The molecule has 0 aromatic heterocycles. The van der Waals surface area contributed by atoms with Crippen LogP contribution >= 0.6 is 0 Å². The van der Waals surface area contributed by atoms with Crippen LogP contribution in [-0.4, -0.2) is 33.6 Å². The lowest BCUT2D eigenvalue weighted by molar-refractivity contribution is -0.179. The van der Waals surface area contributed by atoms with Crippen molar-refractivity contribution in [1.82, 2.24) is 4.90 Å². The predicted octanol–water partition coefficient (Wildman–Crippen LogP) is 1.69. The minimum absolute atomic E-state index is 0.0480. The fraction of sp³-hybridized carbons (Fsp3) is 0.929. The van der Waals surface area contributed by atoms with E-state index in [9.17, 15) is 9.90 Å². The maximum Gasteiger partial charge on any atom is 0.223 e. The molecule has 5 aliphatic rings. The van der Waals surface area contributed by atoms with Crippen LogP contribution in [0.4, 0.5) is 0 Å². The van der Waals surface area contributed by atoms with Gasteiger partial charge in [-0.3, -0.25) is 4.79 Å². The number of aliphatic hydroxyl groups is 1. The van der Waals surface area contributed by atoms with Crippen LogP contribution in [0, 0.1) is 11.8 Å². The van der Waals surface area contributed by atoms with E-state index in [1.54, 1.807) is 0 Å². The SMILES string of the molecule is O=C1CCCN1C12CC3CC(CC(O)(C3)C1)C2. The molecule has 3 heteroatoms. The number of hydrogen-bond donors (Lipinski definition) is 1. The van der Waals surface area contributed by atoms with E-state index in [1.807, 2.05) is 0 Å². The van der Waals surface area contributed by atoms with Crippen molar-refractivity contribution in [3.05, 3.63) is 0 Å². The Morgan fingerprint density at radius 3 is 2.41 bits per heavy atom. The van der Waals surface area contributed by atoms with E-state index in [2.05, 4.69) is 4.90 Å². The first-order chi connectivity index (χ1) is 8.09. The summed E-state index contributed by atoms with van der Waals surface area (Å²) in [4.78, 5) is 14.2. The summed E-state index contributed by atoms with van der Waals surface area (Å²) >= 11 is 0. The van der Waals surface area contributed by atoms with Crippen molar-refractivity contribution in [3.63, 3.8) is 0 Å². The molecule has 17 heavy (non-hydrogen) atoms. The Bertz CT molecular complexity index is 364. The molecule has 5 rings (SSSR count). The van der Waals surface area contributed by atoms with Crippen molar-refractivity contribution >= 4 is 5.91 Å². The lowest BCUT2D eigenvalue weighted by atomic mass is 9.50. The third kappa shape index (κ3) is 1.35. The Morgan fingerprint density at radius 2 is 1.88 bits per heavy atom. The maximum atomic E-state index is 12.0. The number of hydrogen-bond acceptors (Lipinski definition) is 2. The first kappa shape index (κ1) is 10.4. The van der Waals surface area contributed by atoms with Gasteiger partial charge in [-0.05, 0) is 56.8 Å². The number of rotatable bonds is 1. The van der Waals surface area contributed by atoms with Gasteiger partial charge in [0.15, 0.2) is 0 Å². The van der Waals surface area contributed by atoms with E-state index in [-0.39, 0.29) is 5.54 Å². The molecule has 4 saturated carbocycles. The predicted molar refractivity (Wildman–Crippen MR) is 63.3 cm³/mol. The second kappa shape index (κ2) is 3.05. The first-order valence-corrected chi connectivity index (χ1v) is 7.12. The minimum atomic E-state index is -0.438. The van der Waals surface area contributed by atoms with Crippen molar-refractivity contribution in [2.45, 2.75) is 62.5 Å². The average molecular weight is 235 g/mol. The number of nitrogens with zero attached hydrogens (tertiary/aromatic N) is 1. The number of carbonyl (C=O) groups excluding carboxylic acids is 1. The molecule has 0 aromatic rings.